The highest BCUT2D eigenvalue weighted by molar-refractivity contribution is 9.10. The molecule has 0 atom stereocenters. The van der Waals surface area contributed by atoms with Crippen molar-refractivity contribution in [2.75, 3.05) is 31.1 Å². The number of hydrogen-bond donors (Lipinski definition) is 0. The quantitative estimate of drug-likeness (QED) is 0.363. The van der Waals surface area contributed by atoms with Crippen LogP contribution in [0.25, 0.3) is 22.2 Å². The molecule has 9 heteroatoms. The smallest absolute Gasteiger partial charge is 0.349 e. The molecule has 3 heterocycles. The molecule has 0 aliphatic carbocycles. The molecule has 2 aromatic carbocycles. The third-order valence-corrected chi connectivity index (χ3v) is 6.35. The summed E-state index contributed by atoms with van der Waals surface area (Å²) in [5.74, 6) is 0.421. The highest BCUT2D eigenvalue weighted by Crippen LogP contribution is 2.22. The second kappa shape index (κ2) is 8.96. The molecular weight excluding hydrogens is 508 g/mol. The van der Waals surface area contributed by atoms with Gasteiger partial charge in [-0.05, 0) is 48.5 Å². The third-order valence-electron chi connectivity index (χ3n) is 5.61. The van der Waals surface area contributed by atoms with Gasteiger partial charge in [0.1, 0.15) is 11.1 Å². The number of benzene rings is 2. The Bertz CT molecular complexity index is 1380. The van der Waals surface area contributed by atoms with Gasteiger partial charge in [-0.2, -0.15) is 0 Å². The summed E-state index contributed by atoms with van der Waals surface area (Å²) in [6.07, 6.45) is 0. The van der Waals surface area contributed by atoms with E-state index in [1.807, 2.05) is 42.5 Å². The average Bonchev–Trinajstić information content (AvgIpc) is 2.84. The fraction of sp³-hybridized carbons (Fsp3) is 0.167. The number of nitrogens with zero attached hydrogens (tertiary/aromatic N) is 4. The zero-order valence-corrected chi connectivity index (χ0v) is 19.7. The van der Waals surface area contributed by atoms with Gasteiger partial charge in [-0.15, -0.1) is 10.2 Å². The summed E-state index contributed by atoms with van der Waals surface area (Å²) in [6, 6.07) is 18.2. The predicted octanol–water partition coefficient (Wildman–Crippen LogP) is 4.63. The molecule has 2 aromatic heterocycles. The molecule has 5 rings (SSSR count). The highest BCUT2D eigenvalue weighted by atomic mass is 79.9. The topological polar surface area (TPSA) is 79.5 Å². The van der Waals surface area contributed by atoms with Crippen molar-refractivity contribution in [1.82, 2.24) is 15.1 Å². The number of fused-ring (bicyclic) bond motifs is 1. The van der Waals surface area contributed by atoms with Crippen molar-refractivity contribution in [2.45, 2.75) is 0 Å². The summed E-state index contributed by atoms with van der Waals surface area (Å²) in [5, 5.41) is 10.1. The number of aromatic nitrogens is 2. The molecule has 0 radical (unpaired) electrons. The van der Waals surface area contributed by atoms with Crippen LogP contribution >= 0.6 is 27.5 Å². The van der Waals surface area contributed by atoms with E-state index in [1.54, 1.807) is 23.1 Å². The van der Waals surface area contributed by atoms with Crippen LogP contribution in [-0.2, 0) is 0 Å². The Morgan fingerprint density at radius 1 is 0.939 bits per heavy atom. The summed E-state index contributed by atoms with van der Waals surface area (Å²) in [4.78, 5) is 29.2. The van der Waals surface area contributed by atoms with Crippen molar-refractivity contribution in [1.29, 1.82) is 0 Å². The van der Waals surface area contributed by atoms with Crippen molar-refractivity contribution in [2.24, 2.45) is 0 Å². The average molecular weight is 526 g/mol. The molecule has 0 spiro atoms. The molecular formula is C24H18BrClN4O3. The first kappa shape index (κ1) is 21.6. The SMILES string of the molecule is O=C(c1cc2cc(Br)ccc2oc1=O)N1CCN(c2ccc(-c3ccc(Cl)cc3)nn2)CC1. The van der Waals surface area contributed by atoms with E-state index < -0.39 is 5.63 Å². The van der Waals surface area contributed by atoms with E-state index in [1.165, 1.54) is 0 Å². The highest BCUT2D eigenvalue weighted by Gasteiger charge is 2.25. The first-order valence-corrected chi connectivity index (χ1v) is 11.5. The van der Waals surface area contributed by atoms with Gasteiger partial charge in [0.2, 0.25) is 0 Å². The maximum Gasteiger partial charge on any atom is 0.349 e. The Kier molecular flexibility index (Phi) is 5.86. The van der Waals surface area contributed by atoms with Crippen LogP contribution in [0.1, 0.15) is 10.4 Å². The van der Waals surface area contributed by atoms with Crippen LogP contribution in [0.15, 0.2) is 74.3 Å². The molecule has 4 aromatic rings. The van der Waals surface area contributed by atoms with Gasteiger partial charge < -0.3 is 14.2 Å². The summed E-state index contributed by atoms with van der Waals surface area (Å²) in [5.41, 5.74) is 1.57. The van der Waals surface area contributed by atoms with Gasteiger partial charge in [-0.25, -0.2) is 4.79 Å². The van der Waals surface area contributed by atoms with E-state index >= 15 is 0 Å². The van der Waals surface area contributed by atoms with Crippen molar-refractivity contribution >= 4 is 50.2 Å². The number of carbonyl (C=O) groups is 1. The molecule has 1 amide bonds. The maximum absolute atomic E-state index is 13.0. The molecule has 0 bridgehead atoms. The van der Waals surface area contributed by atoms with Gasteiger partial charge in [0.25, 0.3) is 5.91 Å². The lowest BCUT2D eigenvalue weighted by Crippen LogP contribution is -2.49. The van der Waals surface area contributed by atoms with Crippen LogP contribution in [0.3, 0.4) is 0 Å². The lowest BCUT2D eigenvalue weighted by atomic mass is 10.1. The Balaban J connectivity index is 1.27. The van der Waals surface area contributed by atoms with E-state index in [9.17, 15) is 9.59 Å². The fourth-order valence-electron chi connectivity index (χ4n) is 3.82. The summed E-state index contributed by atoms with van der Waals surface area (Å²) < 4.78 is 6.19. The molecule has 7 nitrogen and oxygen atoms in total. The van der Waals surface area contributed by atoms with E-state index in [-0.39, 0.29) is 11.5 Å². The Morgan fingerprint density at radius 2 is 1.70 bits per heavy atom. The predicted molar refractivity (Wildman–Crippen MR) is 131 cm³/mol. The first-order valence-electron chi connectivity index (χ1n) is 10.4. The van der Waals surface area contributed by atoms with Gasteiger partial charge in [0.15, 0.2) is 5.82 Å². The molecule has 1 saturated heterocycles. The number of piperazine rings is 1. The van der Waals surface area contributed by atoms with Crippen molar-refractivity contribution in [3.8, 4) is 11.3 Å². The maximum atomic E-state index is 13.0. The molecule has 166 valence electrons. The molecule has 0 saturated carbocycles. The minimum absolute atomic E-state index is 0.0427. The molecule has 1 aliphatic heterocycles. The molecule has 0 N–H and O–H groups in total. The van der Waals surface area contributed by atoms with Crippen LogP contribution in [-0.4, -0.2) is 47.2 Å². The lowest BCUT2D eigenvalue weighted by molar-refractivity contribution is 0.0742. The van der Waals surface area contributed by atoms with E-state index in [0.29, 0.717) is 42.2 Å². The van der Waals surface area contributed by atoms with E-state index in [0.717, 1.165) is 21.5 Å². The second-order valence-corrected chi connectivity index (χ2v) is 9.04. The molecule has 0 unspecified atom stereocenters. The lowest BCUT2D eigenvalue weighted by Gasteiger charge is -2.35. The largest absolute Gasteiger partial charge is 0.422 e. The normalized spacial score (nSPS) is 14.0. The van der Waals surface area contributed by atoms with Crippen molar-refractivity contribution in [3.05, 3.63) is 86.1 Å². The zero-order chi connectivity index (χ0) is 22.9. The fourth-order valence-corrected chi connectivity index (χ4v) is 4.33. The minimum atomic E-state index is -0.624. The third kappa shape index (κ3) is 4.49. The van der Waals surface area contributed by atoms with Gasteiger partial charge in [-0.1, -0.05) is 39.7 Å². The van der Waals surface area contributed by atoms with Gasteiger partial charge in [0.05, 0.1) is 5.69 Å². The number of rotatable bonds is 3. The van der Waals surface area contributed by atoms with E-state index in [4.69, 9.17) is 16.0 Å². The molecule has 1 fully saturated rings. The number of carbonyl (C=O) groups excluding carboxylic acids is 1. The number of anilines is 1. The number of amides is 1. The minimum Gasteiger partial charge on any atom is -0.422 e. The number of hydrogen-bond acceptors (Lipinski definition) is 6. The Morgan fingerprint density at radius 3 is 2.39 bits per heavy atom. The molecule has 33 heavy (non-hydrogen) atoms. The summed E-state index contributed by atoms with van der Waals surface area (Å²) >= 11 is 9.35. The van der Waals surface area contributed by atoms with Crippen molar-refractivity contribution in [3.63, 3.8) is 0 Å². The Labute approximate surface area is 202 Å². The first-order chi connectivity index (χ1) is 16.0. The van der Waals surface area contributed by atoms with Crippen LogP contribution < -0.4 is 10.5 Å². The van der Waals surface area contributed by atoms with Crippen LogP contribution in [0, 0.1) is 0 Å². The van der Waals surface area contributed by atoms with Crippen LogP contribution in [0.4, 0.5) is 5.82 Å². The van der Waals surface area contributed by atoms with Gasteiger partial charge in [-0.3, -0.25) is 4.79 Å². The molecule has 1 aliphatic rings. The van der Waals surface area contributed by atoms with Crippen LogP contribution in [0.5, 0.6) is 0 Å². The zero-order valence-electron chi connectivity index (χ0n) is 17.4. The summed E-state index contributed by atoms with van der Waals surface area (Å²) in [7, 11) is 0. The van der Waals surface area contributed by atoms with Gasteiger partial charge >= 0.3 is 5.63 Å². The van der Waals surface area contributed by atoms with E-state index in [2.05, 4.69) is 31.0 Å². The monoisotopic (exact) mass is 524 g/mol. The standard InChI is InChI=1S/C24H18BrClN4O3/c25-17-3-7-21-16(13-17)14-19(24(32)33-21)23(31)30-11-9-29(10-12-30)22-8-6-20(27-28-22)15-1-4-18(26)5-2-15/h1-8,13-14H,9-12H2. The Hall–Kier alpha value is -3.23. The number of halogens is 2. The van der Waals surface area contributed by atoms with Gasteiger partial charge in [0, 0.05) is 46.6 Å². The van der Waals surface area contributed by atoms with Crippen LogP contribution in [0.2, 0.25) is 5.02 Å². The summed E-state index contributed by atoms with van der Waals surface area (Å²) in [6.45, 7) is 2.11. The van der Waals surface area contributed by atoms with Crippen molar-refractivity contribution < 1.29 is 9.21 Å². The second-order valence-electron chi connectivity index (χ2n) is 7.69.